The maximum Gasteiger partial charge on any atom is 0.305 e. The highest BCUT2D eigenvalue weighted by Crippen LogP contribution is 2.13. The molecule has 1 radical (unpaired) electrons. The van der Waals surface area contributed by atoms with Crippen molar-refractivity contribution in [2.75, 3.05) is 18.1 Å². The summed E-state index contributed by atoms with van der Waals surface area (Å²) < 4.78 is 5.18. The SMILES string of the molecule is [CH2]CSCCOC(=O)CCCCCCCCCCCCCCCCC. The Morgan fingerprint density at radius 1 is 0.760 bits per heavy atom. The molecule has 0 aromatic carbocycles. The zero-order valence-corrected chi connectivity index (χ0v) is 17.7. The highest BCUT2D eigenvalue weighted by Gasteiger charge is 2.02. The number of esters is 1. The lowest BCUT2D eigenvalue weighted by molar-refractivity contribution is -0.143. The molecule has 0 aromatic heterocycles. The van der Waals surface area contributed by atoms with Crippen LogP contribution in [0.4, 0.5) is 0 Å². The van der Waals surface area contributed by atoms with Crippen molar-refractivity contribution in [3.8, 4) is 0 Å². The second-order valence-corrected chi connectivity index (χ2v) is 8.26. The van der Waals surface area contributed by atoms with E-state index >= 15 is 0 Å². The minimum absolute atomic E-state index is 0.0284. The summed E-state index contributed by atoms with van der Waals surface area (Å²) in [6, 6.07) is 0. The average Bonchev–Trinajstić information content (AvgIpc) is 2.62. The van der Waals surface area contributed by atoms with Crippen molar-refractivity contribution in [1.29, 1.82) is 0 Å². The Labute approximate surface area is 162 Å². The predicted molar refractivity (Wildman–Crippen MR) is 113 cm³/mol. The van der Waals surface area contributed by atoms with Gasteiger partial charge in [-0.05, 0) is 19.1 Å². The molecule has 0 heterocycles. The number of rotatable bonds is 20. The smallest absolute Gasteiger partial charge is 0.305 e. The summed E-state index contributed by atoms with van der Waals surface area (Å²) in [5.41, 5.74) is 0. The second kappa shape index (κ2) is 21.9. The van der Waals surface area contributed by atoms with Gasteiger partial charge < -0.3 is 4.74 Å². The van der Waals surface area contributed by atoms with Crippen molar-refractivity contribution in [3.05, 3.63) is 6.92 Å². The number of carbonyl (C=O) groups excluding carboxylic acids is 1. The zero-order chi connectivity index (χ0) is 18.4. The molecule has 0 aromatic rings. The Hall–Kier alpha value is -0.180. The van der Waals surface area contributed by atoms with Gasteiger partial charge in [0.1, 0.15) is 6.61 Å². The summed E-state index contributed by atoms with van der Waals surface area (Å²) in [4.78, 5) is 11.5. The van der Waals surface area contributed by atoms with Gasteiger partial charge in [0.15, 0.2) is 0 Å². The van der Waals surface area contributed by atoms with Crippen molar-refractivity contribution in [1.82, 2.24) is 0 Å². The number of ether oxygens (including phenoxy) is 1. The highest BCUT2D eigenvalue weighted by atomic mass is 32.2. The average molecular weight is 372 g/mol. The van der Waals surface area contributed by atoms with Crippen molar-refractivity contribution in [2.45, 2.75) is 110 Å². The summed E-state index contributed by atoms with van der Waals surface area (Å²) in [7, 11) is 0. The van der Waals surface area contributed by atoms with Gasteiger partial charge in [-0.1, -0.05) is 96.8 Å². The van der Waals surface area contributed by atoms with Crippen LogP contribution in [0.25, 0.3) is 0 Å². The molecule has 0 rings (SSSR count). The van der Waals surface area contributed by atoms with Crippen LogP contribution in [0.3, 0.4) is 0 Å². The largest absolute Gasteiger partial charge is 0.465 e. The molecule has 0 amide bonds. The van der Waals surface area contributed by atoms with Crippen LogP contribution in [-0.4, -0.2) is 24.1 Å². The molecule has 0 bridgehead atoms. The zero-order valence-electron chi connectivity index (χ0n) is 16.9. The number of thioether (sulfide) groups is 1. The van der Waals surface area contributed by atoms with E-state index in [4.69, 9.17) is 4.74 Å². The fraction of sp³-hybridized carbons (Fsp3) is 0.909. The van der Waals surface area contributed by atoms with Gasteiger partial charge in [-0.2, -0.15) is 11.8 Å². The van der Waals surface area contributed by atoms with Crippen LogP contribution in [0.5, 0.6) is 0 Å². The van der Waals surface area contributed by atoms with Crippen LogP contribution < -0.4 is 0 Å². The van der Waals surface area contributed by atoms with Crippen LogP contribution in [0.2, 0.25) is 0 Å². The van der Waals surface area contributed by atoms with Gasteiger partial charge in [-0.3, -0.25) is 4.79 Å². The molecule has 0 aliphatic heterocycles. The molecule has 0 N–H and O–H groups in total. The first-order chi connectivity index (χ1) is 12.3. The Bertz CT molecular complexity index is 269. The van der Waals surface area contributed by atoms with E-state index in [1.165, 1.54) is 89.9 Å². The number of unbranched alkanes of at least 4 members (excludes halogenated alkanes) is 14. The summed E-state index contributed by atoms with van der Waals surface area (Å²) in [6.07, 6.45) is 20.9. The first kappa shape index (κ1) is 24.8. The van der Waals surface area contributed by atoms with E-state index in [9.17, 15) is 4.79 Å². The van der Waals surface area contributed by atoms with Crippen molar-refractivity contribution in [3.63, 3.8) is 0 Å². The maximum absolute atomic E-state index is 11.5. The normalized spacial score (nSPS) is 11.0. The van der Waals surface area contributed by atoms with Gasteiger partial charge >= 0.3 is 5.97 Å². The maximum atomic E-state index is 11.5. The van der Waals surface area contributed by atoms with Crippen LogP contribution in [0.15, 0.2) is 0 Å². The molecule has 0 aliphatic carbocycles. The number of hydrogen-bond donors (Lipinski definition) is 0. The first-order valence-corrected chi connectivity index (χ1v) is 12.0. The van der Waals surface area contributed by atoms with E-state index in [-0.39, 0.29) is 5.97 Å². The summed E-state index contributed by atoms with van der Waals surface area (Å²) in [5, 5.41) is 0. The van der Waals surface area contributed by atoms with Crippen molar-refractivity contribution >= 4 is 17.7 Å². The second-order valence-electron chi connectivity index (χ2n) is 7.03. The van der Waals surface area contributed by atoms with E-state index in [1.807, 2.05) is 0 Å². The quantitative estimate of drug-likeness (QED) is 0.165. The van der Waals surface area contributed by atoms with Gasteiger partial charge in [0, 0.05) is 12.2 Å². The van der Waals surface area contributed by atoms with Gasteiger partial charge in [-0.15, -0.1) is 0 Å². The third kappa shape index (κ3) is 21.8. The van der Waals surface area contributed by atoms with Crippen LogP contribution >= 0.6 is 11.8 Å². The predicted octanol–water partition coefficient (Wildman–Crippen LogP) is 7.36. The monoisotopic (exact) mass is 371 g/mol. The fourth-order valence-corrected chi connectivity index (χ4v) is 3.43. The minimum Gasteiger partial charge on any atom is -0.465 e. The van der Waals surface area contributed by atoms with E-state index in [1.54, 1.807) is 11.8 Å². The number of hydrogen-bond acceptors (Lipinski definition) is 3. The highest BCUT2D eigenvalue weighted by molar-refractivity contribution is 7.99. The standard InChI is InChI=1S/C22H43O2S/c1-3-5-6-7-8-9-10-11-12-13-14-15-16-17-18-19-22(23)24-20-21-25-4-2/h2-21H2,1H3. The van der Waals surface area contributed by atoms with Gasteiger partial charge in [0.05, 0.1) is 0 Å². The number of carbonyl (C=O) groups is 1. The molecular weight excluding hydrogens is 328 g/mol. The molecule has 3 heteroatoms. The first-order valence-electron chi connectivity index (χ1n) is 10.8. The van der Waals surface area contributed by atoms with E-state index in [0.29, 0.717) is 13.0 Å². The lowest BCUT2D eigenvalue weighted by atomic mass is 10.0. The molecule has 25 heavy (non-hydrogen) atoms. The van der Waals surface area contributed by atoms with Crippen LogP contribution in [0.1, 0.15) is 110 Å². The molecule has 0 atom stereocenters. The van der Waals surface area contributed by atoms with Gasteiger partial charge in [0.2, 0.25) is 0 Å². The molecule has 0 unspecified atom stereocenters. The van der Waals surface area contributed by atoms with E-state index < -0.39 is 0 Å². The third-order valence-electron chi connectivity index (χ3n) is 4.62. The summed E-state index contributed by atoms with van der Waals surface area (Å²) in [6.45, 7) is 6.57. The van der Waals surface area contributed by atoms with Crippen molar-refractivity contribution < 1.29 is 9.53 Å². The van der Waals surface area contributed by atoms with Gasteiger partial charge in [0.25, 0.3) is 0 Å². The lowest BCUT2D eigenvalue weighted by Crippen LogP contribution is -2.07. The molecule has 0 saturated heterocycles. The Morgan fingerprint density at radius 3 is 1.64 bits per heavy atom. The molecule has 0 spiro atoms. The van der Waals surface area contributed by atoms with E-state index in [0.717, 1.165) is 17.9 Å². The lowest BCUT2D eigenvalue weighted by Gasteiger charge is -2.05. The molecule has 0 aliphatic rings. The third-order valence-corrected chi connectivity index (χ3v) is 5.36. The van der Waals surface area contributed by atoms with Crippen LogP contribution in [0, 0.1) is 6.92 Å². The van der Waals surface area contributed by atoms with Gasteiger partial charge in [-0.25, -0.2) is 0 Å². The van der Waals surface area contributed by atoms with E-state index in [2.05, 4.69) is 13.8 Å². The topological polar surface area (TPSA) is 26.3 Å². The van der Waals surface area contributed by atoms with Crippen molar-refractivity contribution in [2.24, 2.45) is 0 Å². The molecule has 2 nitrogen and oxygen atoms in total. The Kier molecular flexibility index (Phi) is 21.7. The minimum atomic E-state index is -0.0284. The molecule has 0 saturated carbocycles. The molecule has 149 valence electrons. The Morgan fingerprint density at radius 2 is 1.20 bits per heavy atom. The summed E-state index contributed by atoms with van der Waals surface area (Å²) in [5.74, 6) is 1.68. The Balaban J connectivity index is 3.08. The fourth-order valence-electron chi connectivity index (χ4n) is 3.03. The van der Waals surface area contributed by atoms with Crippen LogP contribution in [-0.2, 0) is 9.53 Å². The molecule has 0 fully saturated rings. The summed E-state index contributed by atoms with van der Waals surface area (Å²) >= 11 is 1.71. The molecular formula is C22H43O2S.